The van der Waals surface area contributed by atoms with Crippen molar-refractivity contribution in [3.63, 3.8) is 0 Å². The molecule has 0 radical (unpaired) electrons. The second-order valence-electron chi connectivity index (χ2n) is 7.08. The normalized spacial score (nSPS) is 15.6. The van der Waals surface area contributed by atoms with Crippen LogP contribution >= 0.6 is 0 Å². The maximum Gasteiger partial charge on any atom is 0.338 e. The zero-order valence-electron chi connectivity index (χ0n) is 16.3. The molecule has 1 amide bonds. The second-order valence-corrected chi connectivity index (χ2v) is 7.08. The molecule has 5 heteroatoms. The molecule has 0 spiro atoms. The summed E-state index contributed by atoms with van der Waals surface area (Å²) in [6.45, 7) is 3.59. The van der Waals surface area contributed by atoms with Crippen LogP contribution in [-0.2, 0) is 19.7 Å². The molecule has 5 nitrogen and oxygen atoms in total. The van der Waals surface area contributed by atoms with Crippen molar-refractivity contribution < 1.29 is 19.1 Å². The Hall–Kier alpha value is -2.66. The topological polar surface area (TPSA) is 64.6 Å². The van der Waals surface area contributed by atoms with E-state index in [-0.39, 0.29) is 11.9 Å². The molecule has 1 N–H and O–H groups in total. The summed E-state index contributed by atoms with van der Waals surface area (Å²) in [4.78, 5) is 25.2. The SMILES string of the molecule is CCCCOC(=O)c1ccc(NC(=O)C2(c3ccccc3)CCOCC2)cc1. The van der Waals surface area contributed by atoms with Gasteiger partial charge in [0.2, 0.25) is 5.91 Å². The van der Waals surface area contributed by atoms with Gasteiger partial charge in [-0.05, 0) is 49.1 Å². The Bertz CT molecular complexity index is 780. The van der Waals surface area contributed by atoms with Gasteiger partial charge in [-0.25, -0.2) is 4.79 Å². The second kappa shape index (κ2) is 9.51. The van der Waals surface area contributed by atoms with Gasteiger partial charge in [0.1, 0.15) is 0 Å². The van der Waals surface area contributed by atoms with Crippen LogP contribution in [0.4, 0.5) is 5.69 Å². The number of nitrogens with one attached hydrogen (secondary N) is 1. The summed E-state index contributed by atoms with van der Waals surface area (Å²) < 4.78 is 10.7. The highest BCUT2D eigenvalue weighted by Gasteiger charge is 2.41. The lowest BCUT2D eigenvalue weighted by Crippen LogP contribution is -2.44. The van der Waals surface area contributed by atoms with Crippen molar-refractivity contribution in [3.8, 4) is 0 Å². The zero-order chi connectivity index (χ0) is 19.8. The smallest absolute Gasteiger partial charge is 0.338 e. The molecular formula is C23H27NO4. The molecule has 0 aromatic heterocycles. The van der Waals surface area contributed by atoms with Crippen molar-refractivity contribution in [3.05, 3.63) is 65.7 Å². The van der Waals surface area contributed by atoms with Crippen LogP contribution in [-0.4, -0.2) is 31.7 Å². The first-order valence-electron chi connectivity index (χ1n) is 9.87. The Morgan fingerprint density at radius 3 is 2.36 bits per heavy atom. The van der Waals surface area contributed by atoms with Crippen molar-refractivity contribution in [1.29, 1.82) is 0 Å². The first-order valence-corrected chi connectivity index (χ1v) is 9.87. The Kier molecular flexibility index (Phi) is 6.82. The predicted octanol–water partition coefficient (Wildman–Crippen LogP) is 4.33. The van der Waals surface area contributed by atoms with Crippen LogP contribution in [0.1, 0.15) is 48.5 Å². The molecule has 148 valence electrons. The number of benzene rings is 2. The first-order chi connectivity index (χ1) is 13.7. The minimum absolute atomic E-state index is 0.0414. The van der Waals surface area contributed by atoms with E-state index in [4.69, 9.17) is 9.47 Å². The molecule has 2 aromatic rings. The van der Waals surface area contributed by atoms with Crippen molar-refractivity contribution in [1.82, 2.24) is 0 Å². The summed E-state index contributed by atoms with van der Waals surface area (Å²) in [6, 6.07) is 16.7. The van der Waals surface area contributed by atoms with E-state index in [0.717, 1.165) is 18.4 Å². The van der Waals surface area contributed by atoms with Crippen LogP contribution < -0.4 is 5.32 Å². The number of carbonyl (C=O) groups is 2. The average molecular weight is 381 g/mol. The summed E-state index contributed by atoms with van der Waals surface area (Å²) in [5.74, 6) is -0.378. The number of unbranched alkanes of at least 4 members (excludes halogenated alkanes) is 1. The van der Waals surface area contributed by atoms with Gasteiger partial charge in [0, 0.05) is 18.9 Å². The molecule has 0 atom stereocenters. The maximum atomic E-state index is 13.2. The Morgan fingerprint density at radius 2 is 1.71 bits per heavy atom. The molecule has 0 unspecified atom stereocenters. The fraction of sp³-hybridized carbons (Fsp3) is 0.391. The third kappa shape index (κ3) is 4.60. The third-order valence-electron chi connectivity index (χ3n) is 5.22. The molecule has 1 heterocycles. The first kappa shape index (κ1) is 20.1. The molecular weight excluding hydrogens is 354 g/mol. The van der Waals surface area contributed by atoms with Gasteiger partial charge >= 0.3 is 5.97 Å². The minimum Gasteiger partial charge on any atom is -0.462 e. The Morgan fingerprint density at radius 1 is 1.04 bits per heavy atom. The lowest BCUT2D eigenvalue weighted by atomic mass is 9.73. The highest BCUT2D eigenvalue weighted by atomic mass is 16.5. The largest absolute Gasteiger partial charge is 0.462 e. The van der Waals surface area contributed by atoms with Gasteiger partial charge in [0.25, 0.3) is 0 Å². The number of carbonyl (C=O) groups excluding carboxylic acids is 2. The standard InChI is InChI=1S/C23H27NO4/c1-2-3-15-28-21(25)18-9-11-20(12-10-18)24-22(26)23(13-16-27-17-14-23)19-7-5-4-6-8-19/h4-12H,2-3,13-17H2,1H3,(H,24,26). The number of hydrogen-bond donors (Lipinski definition) is 1. The lowest BCUT2D eigenvalue weighted by Gasteiger charge is -2.36. The van der Waals surface area contributed by atoms with E-state index in [1.807, 2.05) is 37.3 Å². The van der Waals surface area contributed by atoms with Crippen LogP contribution in [0, 0.1) is 0 Å². The molecule has 0 bridgehead atoms. The van der Waals surface area contributed by atoms with E-state index < -0.39 is 5.41 Å². The molecule has 0 aliphatic carbocycles. The quantitative estimate of drug-likeness (QED) is 0.573. The fourth-order valence-electron chi connectivity index (χ4n) is 3.46. The number of rotatable bonds is 7. The average Bonchev–Trinajstić information content (AvgIpc) is 2.75. The summed E-state index contributed by atoms with van der Waals surface area (Å²) in [5.41, 5.74) is 1.55. The molecule has 28 heavy (non-hydrogen) atoms. The van der Waals surface area contributed by atoms with Gasteiger partial charge in [-0.1, -0.05) is 43.7 Å². The van der Waals surface area contributed by atoms with Crippen molar-refractivity contribution in [2.75, 3.05) is 25.1 Å². The van der Waals surface area contributed by atoms with Crippen LogP contribution in [0.3, 0.4) is 0 Å². The molecule has 1 fully saturated rings. The molecule has 1 aliphatic heterocycles. The van der Waals surface area contributed by atoms with Gasteiger partial charge < -0.3 is 14.8 Å². The monoisotopic (exact) mass is 381 g/mol. The van der Waals surface area contributed by atoms with Gasteiger partial charge in [-0.15, -0.1) is 0 Å². The molecule has 3 rings (SSSR count). The van der Waals surface area contributed by atoms with Crippen LogP contribution in [0.15, 0.2) is 54.6 Å². The minimum atomic E-state index is -0.600. The molecule has 2 aromatic carbocycles. The fourth-order valence-corrected chi connectivity index (χ4v) is 3.46. The van der Waals surface area contributed by atoms with Crippen molar-refractivity contribution in [2.45, 2.75) is 38.0 Å². The van der Waals surface area contributed by atoms with E-state index >= 15 is 0 Å². The molecule has 1 saturated heterocycles. The van der Waals surface area contributed by atoms with Gasteiger partial charge in [0.05, 0.1) is 17.6 Å². The summed E-state index contributed by atoms with van der Waals surface area (Å²) in [6.07, 6.45) is 3.12. The van der Waals surface area contributed by atoms with E-state index in [9.17, 15) is 9.59 Å². The molecule has 1 aliphatic rings. The lowest BCUT2D eigenvalue weighted by molar-refractivity contribution is -0.125. The van der Waals surface area contributed by atoms with E-state index in [1.54, 1.807) is 24.3 Å². The van der Waals surface area contributed by atoms with Crippen LogP contribution in [0.2, 0.25) is 0 Å². The van der Waals surface area contributed by atoms with Gasteiger partial charge in [-0.2, -0.15) is 0 Å². The number of amides is 1. The number of anilines is 1. The van der Waals surface area contributed by atoms with Gasteiger partial charge in [0.15, 0.2) is 0 Å². The van der Waals surface area contributed by atoms with E-state index in [2.05, 4.69) is 5.32 Å². The van der Waals surface area contributed by atoms with Gasteiger partial charge in [-0.3, -0.25) is 4.79 Å². The van der Waals surface area contributed by atoms with Crippen LogP contribution in [0.25, 0.3) is 0 Å². The Labute approximate surface area is 166 Å². The van der Waals surface area contributed by atoms with E-state index in [0.29, 0.717) is 43.9 Å². The zero-order valence-corrected chi connectivity index (χ0v) is 16.3. The highest BCUT2D eigenvalue weighted by Crippen LogP contribution is 2.36. The maximum absolute atomic E-state index is 13.2. The van der Waals surface area contributed by atoms with E-state index in [1.165, 1.54) is 0 Å². The Balaban J connectivity index is 1.71. The molecule has 0 saturated carbocycles. The number of hydrogen-bond acceptors (Lipinski definition) is 4. The van der Waals surface area contributed by atoms with Crippen molar-refractivity contribution in [2.24, 2.45) is 0 Å². The summed E-state index contributed by atoms with van der Waals surface area (Å²) >= 11 is 0. The number of ether oxygens (including phenoxy) is 2. The van der Waals surface area contributed by atoms with Crippen LogP contribution in [0.5, 0.6) is 0 Å². The highest BCUT2D eigenvalue weighted by molar-refractivity contribution is 5.99. The number of esters is 1. The summed E-state index contributed by atoms with van der Waals surface area (Å²) in [7, 11) is 0. The predicted molar refractivity (Wildman–Crippen MR) is 108 cm³/mol. The summed E-state index contributed by atoms with van der Waals surface area (Å²) in [5, 5.41) is 3.02. The third-order valence-corrected chi connectivity index (χ3v) is 5.22. The van der Waals surface area contributed by atoms with Crippen molar-refractivity contribution >= 4 is 17.6 Å².